The number of methoxy groups -OCH3 is 1. The van der Waals surface area contributed by atoms with E-state index in [1.54, 1.807) is 43.7 Å². The monoisotopic (exact) mass is 524 g/mol. The molecule has 0 aliphatic heterocycles. The van der Waals surface area contributed by atoms with Gasteiger partial charge in [0.25, 0.3) is 11.5 Å². The van der Waals surface area contributed by atoms with Crippen molar-refractivity contribution in [1.29, 1.82) is 0 Å². The lowest BCUT2D eigenvalue weighted by Crippen LogP contribution is -2.28. The Hall–Kier alpha value is -3.37. The first kappa shape index (κ1) is 26.7. The van der Waals surface area contributed by atoms with E-state index in [4.69, 9.17) is 9.15 Å². The van der Waals surface area contributed by atoms with Gasteiger partial charge in [-0.15, -0.1) is 0 Å². The number of nitrogens with one attached hydrogen (secondary N) is 2. The number of carbonyl (C=O) groups excluding carboxylic acids is 2. The lowest BCUT2D eigenvalue weighted by Gasteiger charge is -2.14. The predicted octanol–water partition coefficient (Wildman–Crippen LogP) is 3.51. The van der Waals surface area contributed by atoms with E-state index in [1.807, 2.05) is 0 Å². The Kier molecular flexibility index (Phi) is 9.56. The van der Waals surface area contributed by atoms with Gasteiger partial charge in [-0.05, 0) is 62.4 Å². The molecule has 0 saturated carbocycles. The molecule has 3 aromatic rings. The second-order valence-electron chi connectivity index (χ2n) is 8.84. The zero-order valence-electron chi connectivity index (χ0n) is 21.0. The zero-order valence-corrected chi connectivity index (χ0v) is 21.8. The predicted molar refractivity (Wildman–Crippen MR) is 143 cm³/mol. The highest BCUT2D eigenvalue weighted by atomic mass is 32.2. The fourth-order valence-corrected chi connectivity index (χ4v) is 5.02. The van der Waals surface area contributed by atoms with E-state index in [1.165, 1.54) is 34.7 Å². The van der Waals surface area contributed by atoms with Gasteiger partial charge in [-0.1, -0.05) is 23.4 Å². The van der Waals surface area contributed by atoms with E-state index in [0.29, 0.717) is 47.1 Å². The topological polar surface area (TPSA) is 115 Å². The SMILES string of the molecule is COCCNC(=O)c1ccc2c(=O)n(Cc3ccco3)c(SCC(=O)NCCC3=CCCCC3)nc2c1. The van der Waals surface area contributed by atoms with Crippen LogP contribution in [-0.4, -0.2) is 53.9 Å². The van der Waals surface area contributed by atoms with Gasteiger partial charge in [-0.25, -0.2) is 4.98 Å². The summed E-state index contributed by atoms with van der Waals surface area (Å²) in [5.41, 5.74) is 1.93. The van der Waals surface area contributed by atoms with E-state index in [9.17, 15) is 14.4 Å². The molecule has 0 saturated heterocycles. The number of fused-ring (bicyclic) bond motifs is 1. The molecule has 1 aromatic carbocycles. The van der Waals surface area contributed by atoms with Crippen LogP contribution in [0.3, 0.4) is 0 Å². The van der Waals surface area contributed by atoms with Gasteiger partial charge in [0.05, 0.1) is 36.1 Å². The zero-order chi connectivity index (χ0) is 26.0. The molecule has 9 nitrogen and oxygen atoms in total. The fourth-order valence-electron chi connectivity index (χ4n) is 4.19. The molecule has 0 radical (unpaired) electrons. The lowest BCUT2D eigenvalue weighted by atomic mass is 9.97. The van der Waals surface area contributed by atoms with Gasteiger partial charge < -0.3 is 19.8 Å². The van der Waals surface area contributed by atoms with E-state index in [-0.39, 0.29) is 29.7 Å². The fraction of sp³-hybridized carbons (Fsp3) is 0.407. The molecule has 2 N–H and O–H groups in total. The van der Waals surface area contributed by atoms with E-state index >= 15 is 0 Å². The smallest absolute Gasteiger partial charge is 0.262 e. The number of furan rings is 1. The minimum Gasteiger partial charge on any atom is -0.467 e. The first-order valence-corrected chi connectivity index (χ1v) is 13.4. The van der Waals surface area contributed by atoms with Crippen molar-refractivity contribution in [3.05, 3.63) is 69.9 Å². The van der Waals surface area contributed by atoms with Crippen molar-refractivity contribution in [2.45, 2.75) is 43.8 Å². The second-order valence-corrected chi connectivity index (χ2v) is 9.78. The van der Waals surface area contributed by atoms with Crippen LogP contribution in [-0.2, 0) is 16.1 Å². The Bertz CT molecular complexity index is 1320. The molecule has 4 rings (SSSR count). The van der Waals surface area contributed by atoms with Gasteiger partial charge in [-0.3, -0.25) is 19.0 Å². The number of rotatable bonds is 12. The van der Waals surface area contributed by atoms with Gasteiger partial charge in [0.1, 0.15) is 5.76 Å². The van der Waals surface area contributed by atoms with Crippen molar-refractivity contribution in [2.24, 2.45) is 0 Å². The first-order chi connectivity index (χ1) is 18.0. The number of ether oxygens (including phenoxy) is 1. The van der Waals surface area contributed by atoms with Crippen LogP contribution in [0, 0.1) is 0 Å². The number of hydrogen-bond donors (Lipinski definition) is 2. The summed E-state index contributed by atoms with van der Waals surface area (Å²) in [7, 11) is 1.56. The van der Waals surface area contributed by atoms with Gasteiger partial charge in [0.2, 0.25) is 5.91 Å². The Balaban J connectivity index is 1.51. The molecule has 2 aromatic heterocycles. The second kappa shape index (κ2) is 13.3. The highest BCUT2D eigenvalue weighted by Crippen LogP contribution is 2.21. The molecule has 0 atom stereocenters. The third kappa shape index (κ3) is 7.33. The molecular formula is C27H32N4O5S. The summed E-state index contributed by atoms with van der Waals surface area (Å²) in [5.74, 6) is 0.324. The van der Waals surface area contributed by atoms with Crippen LogP contribution >= 0.6 is 11.8 Å². The molecule has 1 aliphatic carbocycles. The molecule has 2 amide bonds. The minimum atomic E-state index is -0.276. The van der Waals surface area contributed by atoms with Crippen molar-refractivity contribution < 1.29 is 18.7 Å². The number of amides is 2. The van der Waals surface area contributed by atoms with Crippen LogP contribution in [0.4, 0.5) is 0 Å². The molecule has 0 bridgehead atoms. The van der Waals surface area contributed by atoms with Crippen molar-refractivity contribution in [2.75, 3.05) is 32.6 Å². The summed E-state index contributed by atoms with van der Waals surface area (Å²) in [4.78, 5) is 43.1. The van der Waals surface area contributed by atoms with Crippen LogP contribution in [0.2, 0.25) is 0 Å². The summed E-state index contributed by atoms with van der Waals surface area (Å²) < 4.78 is 11.9. The first-order valence-electron chi connectivity index (χ1n) is 12.5. The number of hydrogen-bond acceptors (Lipinski definition) is 7. The van der Waals surface area contributed by atoms with E-state index in [2.05, 4.69) is 21.7 Å². The molecule has 196 valence electrons. The van der Waals surface area contributed by atoms with Crippen molar-refractivity contribution >= 4 is 34.5 Å². The average Bonchev–Trinajstić information content (AvgIpc) is 3.43. The van der Waals surface area contributed by atoms with Crippen LogP contribution in [0.15, 0.2) is 62.6 Å². The van der Waals surface area contributed by atoms with Crippen molar-refractivity contribution in [3.8, 4) is 0 Å². The van der Waals surface area contributed by atoms with Gasteiger partial charge >= 0.3 is 0 Å². The average molecular weight is 525 g/mol. The standard InChI is InChI=1S/C27H32N4O5S/c1-35-15-13-29-25(33)20-9-10-22-23(16-20)30-27(31(26(22)34)17-21-8-5-14-36-21)37-18-24(32)28-12-11-19-6-3-2-4-7-19/h5-6,8-10,14,16H,2-4,7,11-13,15,17-18H2,1H3,(H,28,32)(H,29,33). The number of benzene rings is 1. The maximum absolute atomic E-state index is 13.4. The van der Waals surface area contributed by atoms with E-state index in [0.717, 1.165) is 19.3 Å². The molecule has 0 unspecified atom stereocenters. The maximum atomic E-state index is 13.4. The molecule has 37 heavy (non-hydrogen) atoms. The number of thioether (sulfide) groups is 1. The van der Waals surface area contributed by atoms with Gasteiger partial charge in [0.15, 0.2) is 5.16 Å². The summed E-state index contributed by atoms with van der Waals surface area (Å²) >= 11 is 1.19. The Morgan fingerprint density at radius 2 is 2.08 bits per heavy atom. The van der Waals surface area contributed by atoms with Crippen LogP contribution < -0.4 is 16.2 Å². The lowest BCUT2D eigenvalue weighted by molar-refractivity contribution is -0.118. The third-order valence-corrected chi connectivity index (χ3v) is 7.13. The maximum Gasteiger partial charge on any atom is 0.262 e. The van der Waals surface area contributed by atoms with E-state index < -0.39 is 0 Å². The molecule has 0 spiro atoms. The Labute approximate surface area is 219 Å². The number of carbonyl (C=O) groups is 2. The van der Waals surface area contributed by atoms with Crippen LogP contribution in [0.5, 0.6) is 0 Å². The number of aromatic nitrogens is 2. The number of nitrogens with zero attached hydrogens (tertiary/aromatic N) is 2. The van der Waals surface area contributed by atoms with Crippen molar-refractivity contribution in [1.82, 2.24) is 20.2 Å². The van der Waals surface area contributed by atoms with Gasteiger partial charge in [0, 0.05) is 25.8 Å². The third-order valence-electron chi connectivity index (χ3n) is 6.15. The Morgan fingerprint density at radius 3 is 2.84 bits per heavy atom. The molecular weight excluding hydrogens is 492 g/mol. The molecule has 2 heterocycles. The summed E-state index contributed by atoms with van der Waals surface area (Å²) in [6.07, 6.45) is 9.38. The van der Waals surface area contributed by atoms with Gasteiger partial charge in [-0.2, -0.15) is 0 Å². The summed E-state index contributed by atoms with van der Waals surface area (Å²) in [6, 6.07) is 8.34. The summed E-state index contributed by atoms with van der Waals surface area (Å²) in [5, 5.41) is 6.51. The quantitative estimate of drug-likeness (QED) is 0.161. The molecule has 10 heteroatoms. The largest absolute Gasteiger partial charge is 0.467 e. The molecule has 1 aliphatic rings. The normalized spacial score (nSPS) is 13.4. The summed E-state index contributed by atoms with van der Waals surface area (Å²) in [6.45, 7) is 1.55. The Morgan fingerprint density at radius 1 is 1.19 bits per heavy atom. The van der Waals surface area contributed by atoms with Crippen molar-refractivity contribution in [3.63, 3.8) is 0 Å². The highest BCUT2D eigenvalue weighted by molar-refractivity contribution is 7.99. The van der Waals surface area contributed by atoms with Crippen LogP contribution in [0.1, 0.15) is 48.2 Å². The highest BCUT2D eigenvalue weighted by Gasteiger charge is 2.16. The minimum absolute atomic E-state index is 0.117. The molecule has 0 fully saturated rings. The number of allylic oxidation sites excluding steroid dienone is 1. The van der Waals surface area contributed by atoms with Crippen LogP contribution in [0.25, 0.3) is 10.9 Å².